The number of nitriles is 1. The molecule has 0 aromatic heterocycles. The van der Waals surface area contributed by atoms with E-state index in [1.54, 1.807) is 50.2 Å². The third-order valence-corrected chi connectivity index (χ3v) is 5.76. The van der Waals surface area contributed by atoms with Crippen molar-refractivity contribution in [1.29, 1.82) is 5.26 Å². The molecule has 9 heteroatoms. The highest BCUT2D eigenvalue weighted by molar-refractivity contribution is 6.35. The lowest BCUT2D eigenvalue weighted by Gasteiger charge is -2.27. The van der Waals surface area contributed by atoms with Crippen molar-refractivity contribution in [1.82, 2.24) is 0 Å². The van der Waals surface area contributed by atoms with Gasteiger partial charge in [-0.2, -0.15) is 5.26 Å². The molecule has 0 saturated heterocycles. The standard InChI is InChI=1S/C24H22Cl2N2O5/c1-4-31-24(29)21-13(2)33-23(28)15(11-27)22(21)14-8-9-19(30-3)20(10-14)32-12-16-17(25)6-5-7-18(16)26/h5-10,22H,4,12,28H2,1-3H3. The normalized spacial score (nSPS) is 15.6. The van der Waals surface area contributed by atoms with Gasteiger partial charge in [-0.05, 0) is 43.7 Å². The van der Waals surface area contributed by atoms with Gasteiger partial charge in [0.25, 0.3) is 0 Å². The van der Waals surface area contributed by atoms with Gasteiger partial charge in [-0.3, -0.25) is 0 Å². The van der Waals surface area contributed by atoms with Gasteiger partial charge in [-0.1, -0.05) is 35.3 Å². The van der Waals surface area contributed by atoms with Crippen LogP contribution in [0.3, 0.4) is 0 Å². The van der Waals surface area contributed by atoms with Gasteiger partial charge in [0.05, 0.1) is 25.2 Å². The Morgan fingerprint density at radius 1 is 1.21 bits per heavy atom. The van der Waals surface area contributed by atoms with Crippen molar-refractivity contribution < 1.29 is 23.7 Å². The van der Waals surface area contributed by atoms with Crippen LogP contribution in [0.1, 0.15) is 30.9 Å². The molecule has 33 heavy (non-hydrogen) atoms. The van der Waals surface area contributed by atoms with Gasteiger partial charge < -0.3 is 24.7 Å². The molecule has 1 atom stereocenters. The zero-order valence-corrected chi connectivity index (χ0v) is 19.8. The van der Waals surface area contributed by atoms with E-state index in [4.69, 9.17) is 47.9 Å². The van der Waals surface area contributed by atoms with Crippen molar-refractivity contribution in [3.05, 3.63) is 80.4 Å². The van der Waals surface area contributed by atoms with Crippen LogP contribution < -0.4 is 15.2 Å². The first-order chi connectivity index (χ1) is 15.8. The number of ether oxygens (including phenoxy) is 4. The van der Waals surface area contributed by atoms with Gasteiger partial charge in [0.2, 0.25) is 5.88 Å². The lowest BCUT2D eigenvalue weighted by molar-refractivity contribution is -0.139. The molecule has 2 aromatic carbocycles. The third kappa shape index (κ3) is 5.03. The number of carbonyl (C=O) groups excluding carboxylic acids is 1. The van der Waals surface area contributed by atoms with Crippen molar-refractivity contribution in [2.24, 2.45) is 5.73 Å². The molecule has 0 bridgehead atoms. The van der Waals surface area contributed by atoms with E-state index in [-0.39, 0.29) is 36.0 Å². The maximum Gasteiger partial charge on any atom is 0.338 e. The fourth-order valence-corrected chi connectivity index (χ4v) is 4.00. The Balaban J connectivity index is 2.06. The van der Waals surface area contributed by atoms with Crippen molar-refractivity contribution in [2.45, 2.75) is 26.4 Å². The van der Waals surface area contributed by atoms with Gasteiger partial charge in [-0.15, -0.1) is 0 Å². The average Bonchev–Trinajstić information content (AvgIpc) is 2.78. The number of nitrogens with zero attached hydrogens (tertiary/aromatic N) is 1. The summed E-state index contributed by atoms with van der Waals surface area (Å²) in [6.45, 7) is 3.54. The average molecular weight is 489 g/mol. The first-order valence-electron chi connectivity index (χ1n) is 10.0. The van der Waals surface area contributed by atoms with Crippen molar-refractivity contribution in [2.75, 3.05) is 13.7 Å². The van der Waals surface area contributed by atoms with Gasteiger partial charge in [0.15, 0.2) is 11.5 Å². The number of methoxy groups -OCH3 is 1. The van der Waals surface area contributed by atoms with E-state index >= 15 is 0 Å². The second-order valence-electron chi connectivity index (χ2n) is 7.01. The summed E-state index contributed by atoms with van der Waals surface area (Å²) in [5.41, 5.74) is 7.43. The maximum absolute atomic E-state index is 12.7. The first kappa shape index (κ1) is 24.3. The lowest BCUT2D eigenvalue weighted by atomic mass is 9.83. The zero-order valence-electron chi connectivity index (χ0n) is 18.3. The number of nitrogens with two attached hydrogens (primary N) is 1. The van der Waals surface area contributed by atoms with Crippen LogP contribution in [0, 0.1) is 11.3 Å². The van der Waals surface area contributed by atoms with Crippen LogP contribution in [0.4, 0.5) is 0 Å². The molecule has 2 aromatic rings. The predicted octanol–water partition coefficient (Wildman–Crippen LogP) is 5.23. The summed E-state index contributed by atoms with van der Waals surface area (Å²) < 4.78 is 22.1. The van der Waals surface area contributed by atoms with E-state index in [1.165, 1.54) is 7.11 Å². The summed E-state index contributed by atoms with van der Waals surface area (Å²) >= 11 is 12.5. The van der Waals surface area contributed by atoms with Gasteiger partial charge in [-0.25, -0.2) is 4.79 Å². The topological polar surface area (TPSA) is 104 Å². The Labute approximate surface area is 201 Å². The number of halogens is 2. The zero-order chi connectivity index (χ0) is 24.1. The third-order valence-electron chi connectivity index (χ3n) is 5.06. The summed E-state index contributed by atoms with van der Waals surface area (Å²) in [7, 11) is 1.51. The summed E-state index contributed by atoms with van der Waals surface area (Å²) in [5, 5.41) is 10.7. The maximum atomic E-state index is 12.7. The molecule has 0 amide bonds. The largest absolute Gasteiger partial charge is 0.493 e. The molecule has 172 valence electrons. The van der Waals surface area contributed by atoms with E-state index in [1.807, 2.05) is 0 Å². The molecule has 0 radical (unpaired) electrons. The van der Waals surface area contributed by atoms with Crippen molar-refractivity contribution in [3.8, 4) is 17.6 Å². The van der Waals surface area contributed by atoms with Crippen LogP contribution in [-0.4, -0.2) is 19.7 Å². The van der Waals surface area contributed by atoms with Crippen LogP contribution in [-0.2, 0) is 20.9 Å². The van der Waals surface area contributed by atoms with Crippen LogP contribution in [0.25, 0.3) is 0 Å². The second-order valence-corrected chi connectivity index (χ2v) is 7.83. The van der Waals surface area contributed by atoms with Crippen molar-refractivity contribution >= 4 is 29.2 Å². The molecule has 1 aliphatic rings. The molecule has 1 unspecified atom stereocenters. The molecule has 1 aliphatic heterocycles. The van der Waals surface area contributed by atoms with E-state index in [2.05, 4.69) is 6.07 Å². The van der Waals surface area contributed by atoms with Gasteiger partial charge >= 0.3 is 5.97 Å². The highest BCUT2D eigenvalue weighted by atomic mass is 35.5. The molecule has 0 aliphatic carbocycles. The summed E-state index contributed by atoms with van der Waals surface area (Å²) in [6, 6.07) is 12.3. The van der Waals surface area contributed by atoms with E-state index in [0.29, 0.717) is 32.7 Å². The Morgan fingerprint density at radius 2 is 1.91 bits per heavy atom. The molecule has 7 nitrogen and oxygen atoms in total. The molecule has 3 rings (SSSR count). The predicted molar refractivity (Wildman–Crippen MR) is 124 cm³/mol. The molecule has 1 heterocycles. The van der Waals surface area contributed by atoms with Crippen LogP contribution in [0.2, 0.25) is 10.0 Å². The quantitative estimate of drug-likeness (QED) is 0.532. The number of rotatable bonds is 7. The minimum Gasteiger partial charge on any atom is -0.493 e. The Kier molecular flexibility index (Phi) is 7.75. The lowest BCUT2D eigenvalue weighted by Crippen LogP contribution is -2.25. The molecule has 0 fully saturated rings. The highest BCUT2D eigenvalue weighted by Gasteiger charge is 2.36. The molecular formula is C24H22Cl2N2O5. The SMILES string of the molecule is CCOC(=O)C1=C(C)OC(N)=C(C#N)C1c1ccc(OC)c(OCc2c(Cl)cccc2Cl)c1. The highest BCUT2D eigenvalue weighted by Crippen LogP contribution is 2.42. The van der Waals surface area contributed by atoms with E-state index in [0.717, 1.165) is 0 Å². The summed E-state index contributed by atoms with van der Waals surface area (Å²) in [5.74, 6) is -0.399. The number of hydrogen-bond donors (Lipinski definition) is 1. The van der Waals surface area contributed by atoms with Gasteiger partial charge in [0, 0.05) is 15.6 Å². The smallest absolute Gasteiger partial charge is 0.338 e. The second kappa shape index (κ2) is 10.5. The minimum absolute atomic E-state index is 0.0748. The van der Waals surface area contributed by atoms with E-state index < -0.39 is 11.9 Å². The molecule has 0 saturated carbocycles. The Hall–Kier alpha value is -3.34. The summed E-state index contributed by atoms with van der Waals surface area (Å²) in [6.07, 6.45) is 0. The minimum atomic E-state index is -0.806. The van der Waals surface area contributed by atoms with Gasteiger partial charge in [0.1, 0.15) is 24.0 Å². The number of carbonyl (C=O) groups is 1. The Morgan fingerprint density at radius 3 is 2.52 bits per heavy atom. The number of hydrogen-bond acceptors (Lipinski definition) is 7. The fraction of sp³-hybridized carbons (Fsp3) is 0.250. The van der Waals surface area contributed by atoms with E-state index in [9.17, 15) is 10.1 Å². The molecule has 2 N–H and O–H groups in total. The van der Waals surface area contributed by atoms with Crippen LogP contribution >= 0.6 is 23.2 Å². The molecular weight excluding hydrogens is 467 g/mol. The fourth-order valence-electron chi connectivity index (χ4n) is 3.49. The number of esters is 1. The first-order valence-corrected chi connectivity index (χ1v) is 10.8. The van der Waals surface area contributed by atoms with Crippen molar-refractivity contribution in [3.63, 3.8) is 0 Å². The van der Waals surface area contributed by atoms with Crippen LogP contribution in [0.15, 0.2) is 59.2 Å². The number of allylic oxidation sites excluding steroid dienone is 2. The monoisotopic (exact) mass is 488 g/mol. The summed E-state index contributed by atoms with van der Waals surface area (Å²) in [4.78, 5) is 12.7. The Bertz CT molecular complexity index is 1160. The molecule has 0 spiro atoms. The van der Waals surface area contributed by atoms with Crippen LogP contribution in [0.5, 0.6) is 11.5 Å². The number of benzene rings is 2.